The molecule has 0 bridgehead atoms. The van der Waals surface area contributed by atoms with Gasteiger partial charge in [-0.25, -0.2) is 4.39 Å². The summed E-state index contributed by atoms with van der Waals surface area (Å²) in [5.41, 5.74) is 0.744. The van der Waals surface area contributed by atoms with Gasteiger partial charge in [-0.15, -0.1) is 23.7 Å². The van der Waals surface area contributed by atoms with E-state index in [2.05, 4.69) is 10.6 Å². The monoisotopic (exact) mass is 342 g/mol. The molecule has 1 amide bonds. The minimum Gasteiger partial charge on any atom is -0.351 e. The van der Waals surface area contributed by atoms with Crippen LogP contribution in [0.1, 0.15) is 28.1 Å². The van der Waals surface area contributed by atoms with Gasteiger partial charge in [-0.2, -0.15) is 0 Å². The van der Waals surface area contributed by atoms with Crippen LogP contribution in [0.5, 0.6) is 0 Å². The molecular formula is C16H20ClFN2OS. The van der Waals surface area contributed by atoms with E-state index >= 15 is 0 Å². The highest BCUT2D eigenvalue weighted by molar-refractivity contribution is 7.21. The number of rotatable bonds is 4. The molecule has 1 saturated heterocycles. The highest BCUT2D eigenvalue weighted by atomic mass is 35.5. The van der Waals surface area contributed by atoms with Crippen LogP contribution in [-0.4, -0.2) is 25.5 Å². The maximum atomic E-state index is 13.8. The van der Waals surface area contributed by atoms with Gasteiger partial charge in [-0.1, -0.05) is 6.07 Å². The average Bonchev–Trinajstić information content (AvgIpc) is 3.08. The molecule has 0 spiro atoms. The van der Waals surface area contributed by atoms with Crippen LogP contribution in [-0.2, 0) is 0 Å². The molecule has 1 fully saturated rings. The van der Waals surface area contributed by atoms with Gasteiger partial charge in [-0.3, -0.25) is 4.79 Å². The molecule has 120 valence electrons. The molecule has 1 aromatic heterocycles. The molecule has 2 aromatic rings. The van der Waals surface area contributed by atoms with Crippen LogP contribution in [0.4, 0.5) is 4.39 Å². The van der Waals surface area contributed by atoms with Gasteiger partial charge < -0.3 is 10.6 Å². The number of carbonyl (C=O) groups is 1. The zero-order chi connectivity index (χ0) is 14.8. The number of fused-ring (bicyclic) bond motifs is 1. The zero-order valence-corrected chi connectivity index (χ0v) is 14.1. The lowest BCUT2D eigenvalue weighted by Crippen LogP contribution is -2.26. The van der Waals surface area contributed by atoms with Gasteiger partial charge in [0.1, 0.15) is 5.82 Å². The highest BCUT2D eigenvalue weighted by Gasteiger charge is 2.18. The molecule has 3 rings (SSSR count). The molecule has 1 aliphatic rings. The van der Waals surface area contributed by atoms with Crippen LogP contribution >= 0.6 is 23.7 Å². The Morgan fingerprint density at radius 2 is 2.32 bits per heavy atom. The second kappa shape index (κ2) is 7.40. The smallest absolute Gasteiger partial charge is 0.261 e. The summed E-state index contributed by atoms with van der Waals surface area (Å²) in [4.78, 5) is 12.9. The molecule has 6 heteroatoms. The summed E-state index contributed by atoms with van der Waals surface area (Å²) >= 11 is 1.36. The maximum absolute atomic E-state index is 13.8. The predicted molar refractivity (Wildman–Crippen MR) is 91.7 cm³/mol. The van der Waals surface area contributed by atoms with Crippen LogP contribution in [0.25, 0.3) is 10.1 Å². The number of benzene rings is 1. The molecule has 1 unspecified atom stereocenters. The summed E-state index contributed by atoms with van der Waals surface area (Å²) in [6, 6.07) is 4.98. The number of amides is 1. The van der Waals surface area contributed by atoms with Crippen LogP contribution in [0.2, 0.25) is 0 Å². The molecule has 2 N–H and O–H groups in total. The maximum Gasteiger partial charge on any atom is 0.261 e. The van der Waals surface area contributed by atoms with Crippen molar-refractivity contribution in [2.45, 2.75) is 19.8 Å². The Balaban J connectivity index is 0.00000176. The largest absolute Gasteiger partial charge is 0.351 e. The number of halogens is 2. The lowest BCUT2D eigenvalue weighted by atomic mass is 10.1. The van der Waals surface area contributed by atoms with E-state index in [1.165, 1.54) is 23.8 Å². The Hall–Kier alpha value is -1.17. The van der Waals surface area contributed by atoms with Crippen molar-refractivity contribution in [3.05, 3.63) is 34.5 Å². The molecule has 0 saturated carbocycles. The van der Waals surface area contributed by atoms with Crippen molar-refractivity contribution in [2.24, 2.45) is 5.92 Å². The van der Waals surface area contributed by atoms with Crippen molar-refractivity contribution in [1.29, 1.82) is 0 Å². The second-order valence-electron chi connectivity index (χ2n) is 5.57. The second-order valence-corrected chi connectivity index (χ2v) is 6.62. The molecule has 1 aromatic carbocycles. The first-order valence-corrected chi connectivity index (χ1v) is 8.15. The van der Waals surface area contributed by atoms with Crippen molar-refractivity contribution >= 4 is 39.7 Å². The first-order chi connectivity index (χ1) is 10.2. The van der Waals surface area contributed by atoms with Gasteiger partial charge >= 0.3 is 0 Å². The molecule has 1 atom stereocenters. The van der Waals surface area contributed by atoms with Crippen molar-refractivity contribution < 1.29 is 9.18 Å². The lowest BCUT2D eigenvalue weighted by molar-refractivity contribution is 0.0955. The lowest BCUT2D eigenvalue weighted by Gasteiger charge is -2.09. The summed E-state index contributed by atoms with van der Waals surface area (Å²) in [7, 11) is 0. The molecule has 0 radical (unpaired) electrons. The standard InChI is InChI=1S/C16H19FN2OS.ClH/c1-10-14-12(17)3-2-4-13(14)21-15(10)16(20)19-8-6-11-5-7-18-9-11;/h2-4,11,18H,5-9H2,1H3,(H,19,20);1H. The molecule has 22 heavy (non-hydrogen) atoms. The number of carbonyl (C=O) groups excluding carboxylic acids is 1. The summed E-state index contributed by atoms with van der Waals surface area (Å²) < 4.78 is 14.7. The highest BCUT2D eigenvalue weighted by Crippen LogP contribution is 2.32. The normalized spacial score (nSPS) is 17.5. The first kappa shape index (κ1) is 17.2. The summed E-state index contributed by atoms with van der Waals surface area (Å²) in [5.74, 6) is 0.322. The van der Waals surface area contributed by atoms with E-state index in [-0.39, 0.29) is 24.1 Å². The summed E-state index contributed by atoms with van der Waals surface area (Å²) in [6.07, 6.45) is 2.18. The van der Waals surface area contributed by atoms with Crippen LogP contribution in [0, 0.1) is 18.7 Å². The van der Waals surface area contributed by atoms with E-state index in [0.29, 0.717) is 22.7 Å². The van der Waals surface area contributed by atoms with Gasteiger partial charge in [0.15, 0.2) is 0 Å². The Bertz CT molecular complexity index is 667. The molecular weight excluding hydrogens is 323 g/mol. The Morgan fingerprint density at radius 3 is 3.00 bits per heavy atom. The average molecular weight is 343 g/mol. The summed E-state index contributed by atoms with van der Waals surface area (Å²) in [6.45, 7) is 4.62. The number of nitrogens with one attached hydrogen (secondary N) is 2. The first-order valence-electron chi connectivity index (χ1n) is 7.33. The fourth-order valence-electron chi connectivity index (χ4n) is 2.90. The number of hydrogen-bond acceptors (Lipinski definition) is 3. The van der Waals surface area contributed by atoms with E-state index in [0.717, 1.165) is 29.8 Å². The van der Waals surface area contributed by atoms with Crippen LogP contribution in [0.15, 0.2) is 18.2 Å². The van der Waals surface area contributed by atoms with Gasteiger partial charge in [0.25, 0.3) is 5.91 Å². The van der Waals surface area contributed by atoms with E-state index in [1.807, 2.05) is 13.0 Å². The molecule has 3 nitrogen and oxygen atoms in total. The molecule has 2 heterocycles. The predicted octanol–water partition coefficient (Wildman–Crippen LogP) is 3.50. The van der Waals surface area contributed by atoms with Crippen LogP contribution < -0.4 is 10.6 Å². The third kappa shape index (κ3) is 3.42. The van der Waals surface area contributed by atoms with Gasteiger partial charge in [0.2, 0.25) is 0 Å². The molecule has 1 aliphatic heterocycles. The minimum atomic E-state index is -0.252. The van der Waals surface area contributed by atoms with Gasteiger partial charge in [0, 0.05) is 16.6 Å². The third-order valence-corrected chi connectivity index (χ3v) is 5.37. The van der Waals surface area contributed by atoms with E-state index < -0.39 is 0 Å². The van der Waals surface area contributed by atoms with E-state index in [1.54, 1.807) is 6.07 Å². The Kier molecular flexibility index (Phi) is 5.78. The fourth-order valence-corrected chi connectivity index (χ4v) is 4.04. The Labute approximate surface area is 139 Å². The summed E-state index contributed by atoms with van der Waals surface area (Å²) in [5, 5.41) is 6.87. The topological polar surface area (TPSA) is 41.1 Å². The van der Waals surface area contributed by atoms with E-state index in [4.69, 9.17) is 0 Å². The SMILES string of the molecule is Cc1c(C(=O)NCCC2CCNC2)sc2cccc(F)c12.Cl. The van der Waals surface area contributed by atoms with Gasteiger partial charge in [0.05, 0.1) is 4.88 Å². The number of thiophene rings is 1. The fraction of sp³-hybridized carbons (Fsp3) is 0.438. The number of hydrogen-bond donors (Lipinski definition) is 2. The van der Waals surface area contributed by atoms with Crippen molar-refractivity contribution in [3.8, 4) is 0 Å². The van der Waals surface area contributed by atoms with Crippen molar-refractivity contribution in [1.82, 2.24) is 10.6 Å². The Morgan fingerprint density at radius 1 is 1.50 bits per heavy atom. The molecule has 0 aliphatic carbocycles. The minimum absolute atomic E-state index is 0. The van der Waals surface area contributed by atoms with Crippen LogP contribution in [0.3, 0.4) is 0 Å². The quantitative estimate of drug-likeness (QED) is 0.892. The van der Waals surface area contributed by atoms with Crippen molar-refractivity contribution in [3.63, 3.8) is 0 Å². The van der Waals surface area contributed by atoms with Crippen molar-refractivity contribution in [2.75, 3.05) is 19.6 Å². The number of aryl methyl sites for hydroxylation is 1. The zero-order valence-electron chi connectivity index (χ0n) is 12.4. The van der Waals surface area contributed by atoms with Gasteiger partial charge in [-0.05, 0) is 56.5 Å². The third-order valence-electron chi connectivity index (χ3n) is 4.11. The van der Waals surface area contributed by atoms with E-state index in [9.17, 15) is 9.18 Å².